The average Bonchev–Trinajstić information content (AvgIpc) is 2.71. The zero-order valence-corrected chi connectivity index (χ0v) is 6.54. The summed E-state index contributed by atoms with van der Waals surface area (Å²) >= 11 is 0. The lowest BCUT2D eigenvalue weighted by molar-refractivity contribution is 1.36. The van der Waals surface area contributed by atoms with Crippen molar-refractivity contribution in [1.29, 1.82) is 0 Å². The number of fused-ring (bicyclic) bond motifs is 3. The van der Waals surface area contributed by atoms with E-state index in [2.05, 4.69) is 34.6 Å². The van der Waals surface area contributed by atoms with Crippen molar-refractivity contribution in [3.8, 4) is 0 Å². The minimum Gasteiger partial charge on any atom is -0.381 e. The molecule has 58 valence electrons. The molecular weight excluding hydrogens is 148 g/mol. The first kappa shape index (κ1) is 6.00. The third-order valence-corrected chi connectivity index (χ3v) is 2.31. The normalized spacial score (nSPS) is 16.0. The molecule has 0 unspecified atom stereocenters. The van der Waals surface area contributed by atoms with Crippen molar-refractivity contribution in [2.24, 2.45) is 4.99 Å². The number of hydrogen-bond acceptors (Lipinski definition) is 2. The average molecular weight is 156 g/mol. The maximum Gasteiger partial charge on any atom is 0.0723 e. The molecule has 0 radical (unpaired) electrons. The summed E-state index contributed by atoms with van der Waals surface area (Å²) in [6, 6.07) is 4.18. The molecule has 1 N–H and O–H groups in total. The predicted molar refractivity (Wildman–Crippen MR) is 49.2 cm³/mol. The largest absolute Gasteiger partial charge is 0.381 e. The Morgan fingerprint density at radius 2 is 2.33 bits per heavy atom. The van der Waals surface area contributed by atoms with Crippen LogP contribution in [0.25, 0.3) is 12.2 Å². The second-order valence-electron chi connectivity index (χ2n) is 2.99. The van der Waals surface area contributed by atoms with Gasteiger partial charge in [-0.05, 0) is 17.4 Å². The van der Waals surface area contributed by atoms with Crippen LogP contribution < -0.4 is 15.9 Å². The Labute approximate surface area is 69.9 Å². The van der Waals surface area contributed by atoms with Gasteiger partial charge in [0.2, 0.25) is 0 Å². The number of nitrogens with one attached hydrogen (secondary N) is 1. The summed E-state index contributed by atoms with van der Waals surface area (Å²) in [5.74, 6) is 0. The fraction of sp³-hybridized carbons (Fsp3) is 0.100. The summed E-state index contributed by atoms with van der Waals surface area (Å²) in [5, 5.41) is 5.72. The molecule has 2 nitrogen and oxygen atoms in total. The van der Waals surface area contributed by atoms with Gasteiger partial charge in [0.1, 0.15) is 0 Å². The molecule has 0 fully saturated rings. The van der Waals surface area contributed by atoms with Gasteiger partial charge >= 0.3 is 0 Å². The minimum atomic E-state index is 0.944. The lowest BCUT2D eigenvalue weighted by atomic mass is 10.1. The molecule has 2 heteroatoms. The maximum atomic E-state index is 4.24. The first-order valence-electron chi connectivity index (χ1n) is 4.06. The molecule has 0 saturated carbocycles. The fourth-order valence-corrected chi connectivity index (χ4v) is 1.73. The van der Waals surface area contributed by atoms with Crippen LogP contribution in [-0.2, 0) is 0 Å². The second-order valence-corrected chi connectivity index (χ2v) is 2.99. The van der Waals surface area contributed by atoms with E-state index in [0.29, 0.717) is 0 Å². The van der Waals surface area contributed by atoms with E-state index in [1.807, 2.05) is 6.20 Å². The van der Waals surface area contributed by atoms with Gasteiger partial charge in [0.15, 0.2) is 0 Å². The lowest BCUT2D eigenvalue weighted by Gasteiger charge is -2.00. The monoisotopic (exact) mass is 156 g/mol. The molecule has 2 aliphatic rings. The molecule has 12 heavy (non-hydrogen) atoms. The highest BCUT2D eigenvalue weighted by atomic mass is 14.9. The summed E-state index contributed by atoms with van der Waals surface area (Å²) < 4.78 is 0. The third kappa shape index (κ3) is 0.619. The summed E-state index contributed by atoms with van der Waals surface area (Å²) in [6.07, 6.45) is 6.10. The maximum absolute atomic E-state index is 4.24. The van der Waals surface area contributed by atoms with Gasteiger partial charge in [-0.3, -0.25) is 4.99 Å². The van der Waals surface area contributed by atoms with Crippen molar-refractivity contribution in [3.05, 3.63) is 34.5 Å². The molecule has 0 atom stereocenters. The SMILES string of the molecule is C1=Cc2c3c(ccc2=N1)=CCN3. The molecule has 1 aromatic rings. The van der Waals surface area contributed by atoms with Gasteiger partial charge < -0.3 is 5.32 Å². The Hall–Kier alpha value is -1.57. The number of rotatable bonds is 0. The molecule has 0 saturated heterocycles. The molecule has 0 spiro atoms. The molecule has 0 aromatic heterocycles. The van der Waals surface area contributed by atoms with E-state index in [4.69, 9.17) is 0 Å². The van der Waals surface area contributed by atoms with E-state index in [1.165, 1.54) is 16.5 Å². The quantitative estimate of drug-likeness (QED) is 0.581. The van der Waals surface area contributed by atoms with Crippen molar-refractivity contribution in [2.45, 2.75) is 0 Å². The fourth-order valence-electron chi connectivity index (χ4n) is 1.73. The number of anilines is 1. The molecule has 1 aromatic carbocycles. The van der Waals surface area contributed by atoms with Crippen LogP contribution in [-0.4, -0.2) is 6.54 Å². The van der Waals surface area contributed by atoms with Gasteiger partial charge in [0.25, 0.3) is 0 Å². The van der Waals surface area contributed by atoms with Gasteiger partial charge in [-0.15, -0.1) is 0 Å². The van der Waals surface area contributed by atoms with Crippen LogP contribution in [0.3, 0.4) is 0 Å². The van der Waals surface area contributed by atoms with Crippen molar-refractivity contribution < 1.29 is 0 Å². The molecule has 0 bridgehead atoms. The highest BCUT2D eigenvalue weighted by Gasteiger charge is 2.09. The molecule has 2 heterocycles. The number of benzene rings is 1. The minimum absolute atomic E-state index is 0.944. The Morgan fingerprint density at radius 1 is 1.33 bits per heavy atom. The highest BCUT2D eigenvalue weighted by Crippen LogP contribution is 2.13. The summed E-state index contributed by atoms with van der Waals surface area (Å²) in [5.41, 5.74) is 2.48. The lowest BCUT2D eigenvalue weighted by Crippen LogP contribution is -2.12. The van der Waals surface area contributed by atoms with Crippen LogP contribution in [0.1, 0.15) is 5.56 Å². The topological polar surface area (TPSA) is 24.4 Å². The van der Waals surface area contributed by atoms with E-state index in [-0.39, 0.29) is 0 Å². The van der Waals surface area contributed by atoms with Crippen LogP contribution in [0.4, 0.5) is 5.69 Å². The third-order valence-electron chi connectivity index (χ3n) is 2.31. The standard InChI is InChI=1S/C10H8N2/c1-2-9-8(4-6-11-9)10-7(1)3-5-12-10/h1-4,6,12H,5H2. The van der Waals surface area contributed by atoms with E-state index in [9.17, 15) is 0 Å². The van der Waals surface area contributed by atoms with Gasteiger partial charge in [0.05, 0.1) is 11.0 Å². The molecule has 3 rings (SSSR count). The first-order chi connectivity index (χ1) is 5.95. The van der Waals surface area contributed by atoms with Crippen LogP contribution >= 0.6 is 0 Å². The molecule has 0 amide bonds. The first-order valence-corrected chi connectivity index (χ1v) is 4.06. The summed E-state index contributed by atoms with van der Waals surface area (Å²) in [7, 11) is 0. The van der Waals surface area contributed by atoms with Crippen molar-refractivity contribution in [3.63, 3.8) is 0 Å². The van der Waals surface area contributed by atoms with Crippen LogP contribution in [0.2, 0.25) is 0 Å². The van der Waals surface area contributed by atoms with Crippen LogP contribution in [0, 0.1) is 0 Å². The van der Waals surface area contributed by atoms with Gasteiger partial charge in [-0.25, -0.2) is 0 Å². The van der Waals surface area contributed by atoms with Crippen LogP contribution in [0.5, 0.6) is 0 Å². The number of hydrogen-bond donors (Lipinski definition) is 1. The Kier molecular flexibility index (Phi) is 0.987. The number of nitrogens with zero attached hydrogens (tertiary/aromatic N) is 1. The van der Waals surface area contributed by atoms with E-state index in [1.54, 1.807) is 0 Å². The van der Waals surface area contributed by atoms with Crippen molar-refractivity contribution in [1.82, 2.24) is 0 Å². The smallest absolute Gasteiger partial charge is 0.0723 e. The van der Waals surface area contributed by atoms with E-state index < -0.39 is 0 Å². The van der Waals surface area contributed by atoms with E-state index >= 15 is 0 Å². The van der Waals surface area contributed by atoms with Crippen molar-refractivity contribution >= 4 is 17.8 Å². The Morgan fingerprint density at radius 3 is 3.33 bits per heavy atom. The van der Waals surface area contributed by atoms with Gasteiger partial charge in [0, 0.05) is 18.3 Å². The second kappa shape index (κ2) is 1.97. The molecule has 0 aliphatic carbocycles. The molecular formula is C10H8N2. The predicted octanol–water partition coefficient (Wildman–Crippen LogP) is 0.496. The summed E-state index contributed by atoms with van der Waals surface area (Å²) in [6.45, 7) is 0.944. The summed E-state index contributed by atoms with van der Waals surface area (Å²) in [4.78, 5) is 4.24. The zero-order valence-electron chi connectivity index (χ0n) is 6.54. The van der Waals surface area contributed by atoms with Crippen molar-refractivity contribution in [2.75, 3.05) is 11.9 Å². The van der Waals surface area contributed by atoms with Crippen LogP contribution in [0.15, 0.2) is 23.3 Å². The highest BCUT2D eigenvalue weighted by molar-refractivity contribution is 5.72. The Balaban J connectivity index is 2.50. The van der Waals surface area contributed by atoms with Gasteiger partial charge in [-0.1, -0.05) is 12.1 Å². The van der Waals surface area contributed by atoms with E-state index in [0.717, 1.165) is 11.9 Å². The zero-order chi connectivity index (χ0) is 7.97. The Bertz CT molecular complexity index is 483. The molecule has 2 aliphatic heterocycles. The van der Waals surface area contributed by atoms with Gasteiger partial charge in [-0.2, -0.15) is 0 Å².